The van der Waals surface area contributed by atoms with E-state index in [0.717, 1.165) is 11.4 Å². The van der Waals surface area contributed by atoms with Crippen LogP contribution in [-0.2, 0) is 4.74 Å². The molecule has 0 radical (unpaired) electrons. The van der Waals surface area contributed by atoms with E-state index in [1.807, 2.05) is 43.3 Å². The van der Waals surface area contributed by atoms with Crippen LogP contribution < -0.4 is 10.2 Å². The lowest BCUT2D eigenvalue weighted by Gasteiger charge is -2.27. The highest BCUT2D eigenvalue weighted by molar-refractivity contribution is 5.93. The molecule has 0 atom stereocenters. The highest BCUT2D eigenvalue weighted by Gasteiger charge is 2.17. The minimum atomic E-state index is -0.0624. The van der Waals surface area contributed by atoms with Crippen molar-refractivity contribution in [1.29, 1.82) is 0 Å². The summed E-state index contributed by atoms with van der Waals surface area (Å²) in [7, 11) is 3.92. The van der Waals surface area contributed by atoms with Gasteiger partial charge in [0.15, 0.2) is 0 Å². The summed E-state index contributed by atoms with van der Waals surface area (Å²) in [6, 6.07) is 7.71. The molecular formula is C13H19N3O2. The lowest BCUT2D eigenvalue weighted by atomic mass is 10.2. The third kappa shape index (κ3) is 2.92. The molecule has 1 N–H and O–H groups in total. The Morgan fingerprint density at radius 2 is 1.94 bits per heavy atom. The summed E-state index contributed by atoms with van der Waals surface area (Å²) < 4.78 is 5.23. The van der Waals surface area contributed by atoms with E-state index in [1.165, 1.54) is 0 Å². The maximum atomic E-state index is 12.1. The fourth-order valence-corrected chi connectivity index (χ4v) is 1.93. The van der Waals surface area contributed by atoms with E-state index < -0.39 is 0 Å². The molecule has 18 heavy (non-hydrogen) atoms. The molecule has 1 fully saturated rings. The molecule has 1 aliphatic rings. The number of carbonyl (C=O) groups excluding carboxylic acids is 1. The van der Waals surface area contributed by atoms with Crippen molar-refractivity contribution in [3.8, 4) is 0 Å². The number of ether oxygens (including phenoxy) is 1. The van der Waals surface area contributed by atoms with E-state index >= 15 is 0 Å². The first-order chi connectivity index (χ1) is 8.68. The number of carbonyl (C=O) groups is 1. The summed E-state index contributed by atoms with van der Waals surface area (Å²) in [6.45, 7) is 2.53. The third-order valence-corrected chi connectivity index (χ3v) is 2.93. The summed E-state index contributed by atoms with van der Waals surface area (Å²) >= 11 is 0. The summed E-state index contributed by atoms with van der Waals surface area (Å²) in [5.41, 5.74) is 1.83. The van der Waals surface area contributed by atoms with Gasteiger partial charge in [0.1, 0.15) is 0 Å². The number of rotatable bonds is 2. The van der Waals surface area contributed by atoms with E-state index in [-0.39, 0.29) is 6.03 Å². The van der Waals surface area contributed by atoms with Crippen LogP contribution in [0, 0.1) is 0 Å². The lowest BCUT2D eigenvalue weighted by Crippen LogP contribution is -2.43. The Morgan fingerprint density at radius 1 is 1.28 bits per heavy atom. The van der Waals surface area contributed by atoms with Crippen molar-refractivity contribution in [2.45, 2.75) is 0 Å². The van der Waals surface area contributed by atoms with Gasteiger partial charge in [-0.3, -0.25) is 0 Å². The Kier molecular flexibility index (Phi) is 4.04. The number of hydrogen-bond donors (Lipinski definition) is 1. The summed E-state index contributed by atoms with van der Waals surface area (Å²) in [6.07, 6.45) is 0. The molecule has 2 amide bonds. The molecule has 0 aliphatic carbocycles. The zero-order chi connectivity index (χ0) is 13.0. The third-order valence-electron chi connectivity index (χ3n) is 2.93. The minimum absolute atomic E-state index is 0.0624. The average Bonchev–Trinajstić information content (AvgIpc) is 2.40. The first-order valence-electron chi connectivity index (χ1n) is 6.08. The van der Waals surface area contributed by atoms with Crippen molar-refractivity contribution in [2.75, 3.05) is 50.6 Å². The van der Waals surface area contributed by atoms with Crippen molar-refractivity contribution < 1.29 is 9.53 Å². The average molecular weight is 249 g/mol. The summed E-state index contributed by atoms with van der Waals surface area (Å²) in [4.78, 5) is 15.8. The van der Waals surface area contributed by atoms with Gasteiger partial charge in [0.2, 0.25) is 0 Å². The standard InChI is InChI=1S/C13H19N3O2/c1-15(2)12-6-4-3-5-11(12)14-13(17)16-7-9-18-10-8-16/h3-6H,7-10H2,1-2H3,(H,14,17). The predicted octanol–water partition coefficient (Wildman–Crippen LogP) is 1.62. The van der Waals surface area contributed by atoms with Gasteiger partial charge in [0.05, 0.1) is 24.6 Å². The summed E-state index contributed by atoms with van der Waals surface area (Å²) in [5, 5.41) is 2.95. The van der Waals surface area contributed by atoms with Gasteiger partial charge in [-0.25, -0.2) is 4.79 Å². The Balaban J connectivity index is 2.06. The zero-order valence-electron chi connectivity index (χ0n) is 10.8. The summed E-state index contributed by atoms with van der Waals surface area (Å²) in [5.74, 6) is 0. The molecule has 0 bridgehead atoms. The Labute approximate surface area is 107 Å². The Bertz CT molecular complexity index is 414. The molecule has 1 aromatic carbocycles. The number of nitrogens with one attached hydrogen (secondary N) is 1. The maximum absolute atomic E-state index is 12.1. The van der Waals surface area contributed by atoms with Crippen LogP contribution in [0.2, 0.25) is 0 Å². The van der Waals surface area contributed by atoms with Gasteiger partial charge in [-0.05, 0) is 12.1 Å². The van der Waals surface area contributed by atoms with Gasteiger partial charge in [-0.1, -0.05) is 12.1 Å². The van der Waals surface area contributed by atoms with Crippen molar-refractivity contribution in [1.82, 2.24) is 4.90 Å². The lowest BCUT2D eigenvalue weighted by molar-refractivity contribution is 0.0564. The normalized spacial score (nSPS) is 15.3. The van der Waals surface area contributed by atoms with Gasteiger partial charge < -0.3 is 19.9 Å². The zero-order valence-corrected chi connectivity index (χ0v) is 10.8. The van der Waals surface area contributed by atoms with Crippen molar-refractivity contribution in [3.63, 3.8) is 0 Å². The van der Waals surface area contributed by atoms with Crippen LogP contribution in [0.15, 0.2) is 24.3 Å². The van der Waals surface area contributed by atoms with E-state index in [2.05, 4.69) is 5.32 Å². The number of morpholine rings is 1. The highest BCUT2D eigenvalue weighted by atomic mass is 16.5. The van der Waals surface area contributed by atoms with Crippen LogP contribution in [0.5, 0.6) is 0 Å². The van der Waals surface area contributed by atoms with E-state index in [0.29, 0.717) is 26.3 Å². The Hall–Kier alpha value is -1.75. The fraction of sp³-hybridized carbons (Fsp3) is 0.462. The minimum Gasteiger partial charge on any atom is -0.378 e. The smallest absolute Gasteiger partial charge is 0.322 e. The number of urea groups is 1. The number of anilines is 2. The molecule has 0 spiro atoms. The van der Waals surface area contributed by atoms with E-state index in [1.54, 1.807) is 4.90 Å². The van der Waals surface area contributed by atoms with Crippen molar-refractivity contribution in [2.24, 2.45) is 0 Å². The van der Waals surface area contributed by atoms with Gasteiger partial charge in [-0.2, -0.15) is 0 Å². The second kappa shape index (κ2) is 5.73. The van der Waals surface area contributed by atoms with Crippen LogP contribution >= 0.6 is 0 Å². The molecule has 0 aromatic heterocycles. The molecule has 1 aromatic rings. The topological polar surface area (TPSA) is 44.8 Å². The van der Waals surface area contributed by atoms with E-state index in [9.17, 15) is 4.79 Å². The number of amides is 2. The molecular weight excluding hydrogens is 230 g/mol. The predicted molar refractivity (Wildman–Crippen MR) is 72.2 cm³/mol. The van der Waals surface area contributed by atoms with Crippen LogP contribution in [0.4, 0.5) is 16.2 Å². The molecule has 1 heterocycles. The van der Waals surface area contributed by atoms with Crippen LogP contribution in [0.25, 0.3) is 0 Å². The van der Waals surface area contributed by atoms with Gasteiger partial charge in [0.25, 0.3) is 0 Å². The van der Waals surface area contributed by atoms with E-state index in [4.69, 9.17) is 4.74 Å². The van der Waals surface area contributed by atoms with Gasteiger partial charge in [0, 0.05) is 27.2 Å². The molecule has 5 heteroatoms. The number of hydrogen-bond acceptors (Lipinski definition) is 3. The Morgan fingerprint density at radius 3 is 2.61 bits per heavy atom. The molecule has 1 saturated heterocycles. The first-order valence-corrected chi connectivity index (χ1v) is 6.08. The van der Waals surface area contributed by atoms with Gasteiger partial charge in [-0.15, -0.1) is 0 Å². The molecule has 0 unspecified atom stereocenters. The number of nitrogens with zero attached hydrogens (tertiary/aromatic N) is 2. The molecule has 0 saturated carbocycles. The largest absolute Gasteiger partial charge is 0.378 e. The highest BCUT2D eigenvalue weighted by Crippen LogP contribution is 2.23. The monoisotopic (exact) mass is 249 g/mol. The molecule has 2 rings (SSSR count). The van der Waals surface area contributed by atoms with Crippen molar-refractivity contribution >= 4 is 17.4 Å². The molecule has 5 nitrogen and oxygen atoms in total. The molecule has 1 aliphatic heterocycles. The van der Waals surface area contributed by atoms with Gasteiger partial charge >= 0.3 is 6.03 Å². The van der Waals surface area contributed by atoms with Crippen LogP contribution in [-0.4, -0.2) is 51.3 Å². The second-order valence-corrected chi connectivity index (χ2v) is 4.44. The fourth-order valence-electron chi connectivity index (χ4n) is 1.93. The molecule has 98 valence electrons. The number of para-hydroxylation sites is 2. The first kappa shape index (κ1) is 12.7. The van der Waals surface area contributed by atoms with Crippen LogP contribution in [0.3, 0.4) is 0 Å². The quantitative estimate of drug-likeness (QED) is 0.866. The maximum Gasteiger partial charge on any atom is 0.322 e. The number of benzene rings is 1. The van der Waals surface area contributed by atoms with Crippen molar-refractivity contribution in [3.05, 3.63) is 24.3 Å². The van der Waals surface area contributed by atoms with Crippen LogP contribution in [0.1, 0.15) is 0 Å². The SMILES string of the molecule is CN(C)c1ccccc1NC(=O)N1CCOCC1. The second-order valence-electron chi connectivity index (χ2n) is 4.44.